The van der Waals surface area contributed by atoms with E-state index >= 15 is 0 Å². The first-order valence-electron chi connectivity index (χ1n) is 6.37. The summed E-state index contributed by atoms with van der Waals surface area (Å²) in [6, 6.07) is 2.17. The van der Waals surface area contributed by atoms with E-state index in [1.54, 1.807) is 11.3 Å². The van der Waals surface area contributed by atoms with Crippen molar-refractivity contribution in [3.05, 3.63) is 21.4 Å². The first-order valence-corrected chi connectivity index (χ1v) is 7.18. The van der Waals surface area contributed by atoms with Crippen molar-refractivity contribution in [1.82, 2.24) is 5.32 Å². The van der Waals surface area contributed by atoms with Crippen LogP contribution in [-0.2, 0) is 12.8 Å². The number of fused-ring (bicyclic) bond motifs is 1. The third kappa shape index (κ3) is 2.87. The molecule has 3 nitrogen and oxygen atoms in total. The average Bonchev–Trinajstić information content (AvgIpc) is 2.88. The van der Waals surface area contributed by atoms with Gasteiger partial charge in [0.05, 0.1) is 4.88 Å². The molecule has 1 aliphatic rings. The zero-order valence-electron chi connectivity index (χ0n) is 10.3. The normalized spacial score (nSPS) is 15.6. The number of hydrogen-bond acceptors (Lipinski definition) is 3. The molecule has 1 atom stereocenters. The van der Waals surface area contributed by atoms with Crippen LogP contribution in [0.2, 0.25) is 0 Å². The van der Waals surface area contributed by atoms with Crippen molar-refractivity contribution in [2.45, 2.75) is 45.1 Å². The predicted octanol–water partition coefficient (Wildman–Crippen LogP) is 2.09. The minimum Gasteiger partial charge on any atom is -0.347 e. The number of aryl methyl sites for hydroxylation is 2. The molecule has 1 aromatic rings. The van der Waals surface area contributed by atoms with Gasteiger partial charge in [-0.05, 0) is 37.3 Å². The molecule has 0 radical (unpaired) electrons. The number of rotatable bonds is 5. The molecular weight excluding hydrogens is 232 g/mol. The van der Waals surface area contributed by atoms with Crippen LogP contribution in [-0.4, -0.2) is 18.5 Å². The Kier molecular flexibility index (Phi) is 4.18. The second-order valence-electron chi connectivity index (χ2n) is 4.61. The SMILES string of the molecule is CCCC(CN)NC(=O)c1cc2c(s1)CCC2. The second-order valence-corrected chi connectivity index (χ2v) is 5.74. The van der Waals surface area contributed by atoms with Gasteiger partial charge in [-0.25, -0.2) is 0 Å². The van der Waals surface area contributed by atoms with Crippen molar-refractivity contribution in [2.75, 3.05) is 6.54 Å². The molecule has 0 bridgehead atoms. The lowest BCUT2D eigenvalue weighted by atomic mass is 10.1. The Morgan fingerprint density at radius 2 is 2.41 bits per heavy atom. The van der Waals surface area contributed by atoms with Gasteiger partial charge < -0.3 is 11.1 Å². The summed E-state index contributed by atoms with van der Waals surface area (Å²) >= 11 is 1.65. The summed E-state index contributed by atoms with van der Waals surface area (Å²) < 4.78 is 0. The predicted molar refractivity (Wildman–Crippen MR) is 71.6 cm³/mol. The standard InChI is InChI=1S/C13H20N2OS/c1-2-4-10(8-14)15-13(16)12-7-9-5-3-6-11(9)17-12/h7,10H,2-6,8,14H2,1H3,(H,15,16). The first-order chi connectivity index (χ1) is 8.24. The van der Waals surface area contributed by atoms with Crippen LogP contribution >= 0.6 is 11.3 Å². The number of nitrogens with one attached hydrogen (secondary N) is 1. The van der Waals surface area contributed by atoms with Gasteiger partial charge in [-0.3, -0.25) is 4.79 Å². The largest absolute Gasteiger partial charge is 0.347 e. The highest BCUT2D eigenvalue weighted by atomic mass is 32.1. The van der Waals surface area contributed by atoms with Crippen molar-refractivity contribution in [3.8, 4) is 0 Å². The van der Waals surface area contributed by atoms with E-state index in [-0.39, 0.29) is 11.9 Å². The third-order valence-corrected chi connectivity index (χ3v) is 4.46. The quantitative estimate of drug-likeness (QED) is 0.843. The van der Waals surface area contributed by atoms with E-state index in [1.165, 1.54) is 16.9 Å². The summed E-state index contributed by atoms with van der Waals surface area (Å²) in [6.45, 7) is 2.62. The molecule has 1 aromatic heterocycles. The van der Waals surface area contributed by atoms with Crippen LogP contribution in [0.1, 0.15) is 46.3 Å². The second kappa shape index (κ2) is 5.65. The zero-order valence-corrected chi connectivity index (χ0v) is 11.1. The molecule has 94 valence electrons. The van der Waals surface area contributed by atoms with Crippen LogP contribution < -0.4 is 11.1 Å². The molecule has 1 heterocycles. The van der Waals surface area contributed by atoms with Crippen molar-refractivity contribution in [1.29, 1.82) is 0 Å². The van der Waals surface area contributed by atoms with Gasteiger partial charge in [-0.1, -0.05) is 13.3 Å². The highest BCUT2D eigenvalue weighted by Gasteiger charge is 2.19. The maximum Gasteiger partial charge on any atom is 0.261 e. The molecule has 3 N–H and O–H groups in total. The van der Waals surface area contributed by atoms with Crippen molar-refractivity contribution in [3.63, 3.8) is 0 Å². The van der Waals surface area contributed by atoms with Crippen LogP contribution in [0.4, 0.5) is 0 Å². The lowest BCUT2D eigenvalue weighted by molar-refractivity contribution is 0.0940. The molecule has 0 saturated heterocycles. The van der Waals surface area contributed by atoms with Crippen LogP contribution in [0.5, 0.6) is 0 Å². The number of carbonyl (C=O) groups is 1. The van der Waals surface area contributed by atoms with Gasteiger partial charge in [-0.2, -0.15) is 0 Å². The molecule has 0 spiro atoms. The van der Waals surface area contributed by atoms with Crippen LogP contribution in [0.15, 0.2) is 6.07 Å². The van der Waals surface area contributed by atoms with Gasteiger partial charge in [-0.15, -0.1) is 11.3 Å². The molecular formula is C13H20N2OS. The Bertz CT molecular complexity index is 379. The fourth-order valence-electron chi connectivity index (χ4n) is 2.29. The summed E-state index contributed by atoms with van der Waals surface area (Å²) in [7, 11) is 0. The first kappa shape index (κ1) is 12.6. The molecule has 0 saturated carbocycles. The summed E-state index contributed by atoms with van der Waals surface area (Å²) in [4.78, 5) is 14.3. The number of carbonyl (C=O) groups excluding carboxylic acids is 1. The minimum absolute atomic E-state index is 0.0494. The van der Waals surface area contributed by atoms with Gasteiger partial charge in [0.1, 0.15) is 0 Å². The van der Waals surface area contributed by atoms with Crippen molar-refractivity contribution >= 4 is 17.2 Å². The van der Waals surface area contributed by atoms with Gasteiger partial charge >= 0.3 is 0 Å². The highest BCUT2D eigenvalue weighted by molar-refractivity contribution is 7.14. The van der Waals surface area contributed by atoms with Gasteiger partial charge in [0.25, 0.3) is 5.91 Å². The fraction of sp³-hybridized carbons (Fsp3) is 0.615. The summed E-state index contributed by atoms with van der Waals surface area (Å²) in [5, 5.41) is 3.02. The number of nitrogens with two attached hydrogens (primary N) is 1. The van der Waals surface area contributed by atoms with E-state index < -0.39 is 0 Å². The topological polar surface area (TPSA) is 55.1 Å². The van der Waals surface area contributed by atoms with Gasteiger partial charge in [0.15, 0.2) is 0 Å². The van der Waals surface area contributed by atoms with Crippen LogP contribution in [0.3, 0.4) is 0 Å². The van der Waals surface area contributed by atoms with Crippen molar-refractivity contribution < 1.29 is 4.79 Å². The highest BCUT2D eigenvalue weighted by Crippen LogP contribution is 2.30. The maximum atomic E-state index is 12.0. The molecule has 17 heavy (non-hydrogen) atoms. The molecule has 1 unspecified atom stereocenters. The maximum absolute atomic E-state index is 12.0. The Morgan fingerprint density at radius 1 is 1.59 bits per heavy atom. The average molecular weight is 252 g/mol. The van der Waals surface area contributed by atoms with E-state index in [4.69, 9.17) is 5.73 Å². The Hall–Kier alpha value is -0.870. The molecule has 1 aliphatic carbocycles. The lowest BCUT2D eigenvalue weighted by Crippen LogP contribution is -2.39. The number of amides is 1. The molecule has 1 amide bonds. The fourth-order valence-corrected chi connectivity index (χ4v) is 3.45. The monoisotopic (exact) mass is 252 g/mol. The van der Waals surface area contributed by atoms with Gasteiger partial charge in [0.2, 0.25) is 0 Å². The summed E-state index contributed by atoms with van der Waals surface area (Å²) in [5.74, 6) is 0.0494. The van der Waals surface area contributed by atoms with E-state index in [2.05, 4.69) is 18.3 Å². The zero-order chi connectivity index (χ0) is 12.3. The van der Waals surface area contributed by atoms with E-state index in [1.807, 2.05) is 0 Å². The van der Waals surface area contributed by atoms with E-state index in [0.29, 0.717) is 6.54 Å². The lowest BCUT2D eigenvalue weighted by Gasteiger charge is -2.15. The number of hydrogen-bond donors (Lipinski definition) is 2. The van der Waals surface area contributed by atoms with Gasteiger partial charge in [0, 0.05) is 17.5 Å². The molecule has 0 aliphatic heterocycles. The van der Waals surface area contributed by atoms with Crippen molar-refractivity contribution in [2.24, 2.45) is 5.73 Å². The molecule has 4 heteroatoms. The molecule has 0 aromatic carbocycles. The third-order valence-electron chi connectivity index (χ3n) is 3.23. The number of thiophene rings is 1. The summed E-state index contributed by atoms with van der Waals surface area (Å²) in [5.41, 5.74) is 7.02. The smallest absolute Gasteiger partial charge is 0.261 e. The minimum atomic E-state index is 0.0494. The van der Waals surface area contributed by atoms with Crippen LogP contribution in [0.25, 0.3) is 0 Å². The molecule has 0 fully saturated rings. The Balaban J connectivity index is 1.99. The Labute approximate surface area is 106 Å². The summed E-state index contributed by atoms with van der Waals surface area (Å²) in [6.07, 6.45) is 5.51. The Morgan fingerprint density at radius 3 is 3.06 bits per heavy atom. The van der Waals surface area contributed by atoms with E-state index in [9.17, 15) is 4.79 Å². The van der Waals surface area contributed by atoms with Crippen LogP contribution in [0, 0.1) is 0 Å². The molecule has 2 rings (SSSR count). The van der Waals surface area contributed by atoms with E-state index in [0.717, 1.165) is 30.6 Å².